The number of nitrogens with one attached hydrogen (secondary N) is 1. The highest BCUT2D eigenvalue weighted by molar-refractivity contribution is 5.47. The smallest absolute Gasteiger partial charge is 0.222 e. The molecule has 1 N–H and O–H groups in total. The van der Waals surface area contributed by atoms with E-state index < -0.39 is 0 Å². The average molecular weight is 265 g/mol. The first-order chi connectivity index (χ1) is 8.99. The Labute approximate surface area is 114 Å². The van der Waals surface area contributed by atoms with E-state index in [-0.39, 0.29) is 18.3 Å². The van der Waals surface area contributed by atoms with Gasteiger partial charge in [0, 0.05) is 19.9 Å². The summed E-state index contributed by atoms with van der Waals surface area (Å²) < 4.78 is 11.8. The van der Waals surface area contributed by atoms with E-state index in [1.165, 1.54) is 0 Å². The van der Waals surface area contributed by atoms with E-state index in [1.54, 1.807) is 0 Å². The van der Waals surface area contributed by atoms with Crippen molar-refractivity contribution in [1.82, 2.24) is 9.97 Å². The van der Waals surface area contributed by atoms with Gasteiger partial charge in [-0.1, -0.05) is 0 Å². The van der Waals surface area contributed by atoms with Gasteiger partial charge < -0.3 is 14.8 Å². The van der Waals surface area contributed by atoms with E-state index in [9.17, 15) is 0 Å². The number of nitrogens with zero attached hydrogens (tertiary/aromatic N) is 2. The van der Waals surface area contributed by atoms with Crippen LogP contribution in [0.5, 0.6) is 5.88 Å². The number of ether oxygens (including phenoxy) is 2. The minimum absolute atomic E-state index is 0.163. The van der Waals surface area contributed by atoms with Crippen LogP contribution < -0.4 is 10.1 Å². The molecule has 1 aliphatic rings. The van der Waals surface area contributed by atoms with Gasteiger partial charge >= 0.3 is 0 Å². The zero-order chi connectivity index (χ0) is 14.0. The lowest BCUT2D eigenvalue weighted by atomic mass is 10.0. The topological polar surface area (TPSA) is 56.3 Å². The molecule has 0 radical (unpaired) electrons. The van der Waals surface area contributed by atoms with Crippen LogP contribution in [-0.4, -0.2) is 35.3 Å². The number of aromatic nitrogens is 2. The second kappa shape index (κ2) is 5.74. The Balaban J connectivity index is 2.16. The predicted octanol–water partition coefficient (Wildman–Crippen LogP) is 2.47. The molecule has 2 unspecified atom stereocenters. The van der Waals surface area contributed by atoms with Gasteiger partial charge in [0.1, 0.15) is 17.7 Å². The van der Waals surface area contributed by atoms with Crippen LogP contribution in [0.3, 0.4) is 0 Å². The third kappa shape index (κ3) is 3.35. The molecule has 5 nitrogen and oxygen atoms in total. The highest BCUT2D eigenvalue weighted by Gasteiger charge is 2.27. The molecule has 106 valence electrons. The predicted molar refractivity (Wildman–Crippen MR) is 74.7 cm³/mol. The Bertz CT molecular complexity index is 441. The molecule has 19 heavy (non-hydrogen) atoms. The molecule has 1 aliphatic heterocycles. The summed E-state index contributed by atoms with van der Waals surface area (Å²) in [6.07, 6.45) is 2.45. The molecule has 2 heterocycles. The quantitative estimate of drug-likeness (QED) is 0.910. The zero-order valence-electron chi connectivity index (χ0n) is 12.4. The van der Waals surface area contributed by atoms with Gasteiger partial charge in [0.2, 0.25) is 5.88 Å². The van der Waals surface area contributed by atoms with Crippen LogP contribution in [0.25, 0.3) is 0 Å². The molecule has 1 aromatic rings. The Morgan fingerprint density at radius 2 is 1.79 bits per heavy atom. The number of hydrogen-bond acceptors (Lipinski definition) is 5. The third-order valence-electron chi connectivity index (χ3n) is 3.38. The lowest BCUT2D eigenvalue weighted by molar-refractivity contribution is -0.0731. The average Bonchev–Trinajstić information content (AvgIpc) is 2.32. The maximum absolute atomic E-state index is 6.08. The van der Waals surface area contributed by atoms with Crippen LogP contribution in [0.2, 0.25) is 0 Å². The van der Waals surface area contributed by atoms with Crippen LogP contribution in [0.4, 0.5) is 5.82 Å². The maximum atomic E-state index is 6.08. The van der Waals surface area contributed by atoms with Crippen molar-refractivity contribution in [1.29, 1.82) is 0 Å². The highest BCUT2D eigenvalue weighted by atomic mass is 16.5. The second-order valence-electron chi connectivity index (χ2n) is 5.27. The van der Waals surface area contributed by atoms with Crippen molar-refractivity contribution in [2.45, 2.75) is 58.8 Å². The SMILES string of the molecule is CNc1nc(C)nc(OC2CC(C)OC(C)C2)c1C. The van der Waals surface area contributed by atoms with E-state index in [0.29, 0.717) is 5.88 Å². The van der Waals surface area contributed by atoms with Crippen molar-refractivity contribution in [2.75, 3.05) is 12.4 Å². The van der Waals surface area contributed by atoms with E-state index in [0.717, 1.165) is 30.0 Å². The molecule has 0 spiro atoms. The van der Waals surface area contributed by atoms with Gasteiger partial charge in [-0.3, -0.25) is 0 Å². The fraction of sp³-hybridized carbons (Fsp3) is 0.714. The van der Waals surface area contributed by atoms with Gasteiger partial charge in [-0.2, -0.15) is 4.98 Å². The van der Waals surface area contributed by atoms with Crippen molar-refractivity contribution in [2.24, 2.45) is 0 Å². The van der Waals surface area contributed by atoms with Crippen molar-refractivity contribution >= 4 is 5.82 Å². The first-order valence-corrected chi connectivity index (χ1v) is 6.84. The monoisotopic (exact) mass is 265 g/mol. The van der Waals surface area contributed by atoms with Crippen LogP contribution >= 0.6 is 0 Å². The fourth-order valence-electron chi connectivity index (χ4n) is 2.56. The molecule has 0 aromatic carbocycles. The van der Waals surface area contributed by atoms with Gasteiger partial charge in [0.05, 0.1) is 17.8 Å². The van der Waals surface area contributed by atoms with E-state index in [4.69, 9.17) is 9.47 Å². The molecular weight excluding hydrogens is 242 g/mol. The number of rotatable bonds is 3. The first kappa shape index (κ1) is 14.1. The lowest BCUT2D eigenvalue weighted by Crippen LogP contribution is -2.36. The minimum Gasteiger partial charge on any atom is -0.474 e. The molecule has 1 saturated heterocycles. The second-order valence-corrected chi connectivity index (χ2v) is 5.27. The summed E-state index contributed by atoms with van der Waals surface area (Å²) in [5.74, 6) is 2.23. The van der Waals surface area contributed by atoms with Gasteiger partial charge in [0.25, 0.3) is 0 Å². The van der Waals surface area contributed by atoms with Crippen LogP contribution in [0, 0.1) is 13.8 Å². The number of anilines is 1. The summed E-state index contributed by atoms with van der Waals surface area (Å²) >= 11 is 0. The first-order valence-electron chi connectivity index (χ1n) is 6.84. The minimum atomic E-state index is 0.163. The summed E-state index contributed by atoms with van der Waals surface area (Å²) in [6, 6.07) is 0. The van der Waals surface area contributed by atoms with Gasteiger partial charge in [-0.15, -0.1) is 0 Å². The summed E-state index contributed by atoms with van der Waals surface area (Å²) in [4.78, 5) is 8.76. The summed E-state index contributed by atoms with van der Waals surface area (Å²) in [5, 5.41) is 3.08. The molecule has 1 aromatic heterocycles. The summed E-state index contributed by atoms with van der Waals surface area (Å²) in [6.45, 7) is 8.03. The van der Waals surface area contributed by atoms with Crippen LogP contribution in [0.15, 0.2) is 0 Å². The molecule has 2 atom stereocenters. The number of aryl methyl sites for hydroxylation is 1. The van der Waals surface area contributed by atoms with E-state index >= 15 is 0 Å². The third-order valence-corrected chi connectivity index (χ3v) is 3.38. The molecule has 0 aliphatic carbocycles. The molecular formula is C14H23N3O2. The van der Waals surface area contributed by atoms with Crippen molar-refractivity contribution in [3.8, 4) is 5.88 Å². The molecule has 5 heteroatoms. The van der Waals surface area contributed by atoms with E-state index in [2.05, 4.69) is 29.1 Å². The van der Waals surface area contributed by atoms with Gasteiger partial charge in [-0.25, -0.2) is 4.98 Å². The fourth-order valence-corrected chi connectivity index (χ4v) is 2.56. The Hall–Kier alpha value is -1.36. The van der Waals surface area contributed by atoms with Crippen molar-refractivity contribution in [3.63, 3.8) is 0 Å². The van der Waals surface area contributed by atoms with Crippen LogP contribution in [-0.2, 0) is 4.74 Å². The largest absolute Gasteiger partial charge is 0.474 e. The Kier molecular flexibility index (Phi) is 4.24. The molecule has 2 rings (SSSR count). The van der Waals surface area contributed by atoms with Crippen molar-refractivity contribution < 1.29 is 9.47 Å². The highest BCUT2D eigenvalue weighted by Crippen LogP contribution is 2.27. The molecule has 0 bridgehead atoms. The standard InChI is InChI=1S/C14H23N3O2/c1-8-6-12(7-9(2)18-8)19-14-10(3)13(15-5)16-11(4)17-14/h8-9,12H,6-7H2,1-5H3,(H,15,16,17). The number of hydrogen-bond donors (Lipinski definition) is 1. The van der Waals surface area contributed by atoms with Crippen molar-refractivity contribution in [3.05, 3.63) is 11.4 Å². The Morgan fingerprint density at radius 3 is 2.37 bits per heavy atom. The molecule has 1 fully saturated rings. The zero-order valence-corrected chi connectivity index (χ0v) is 12.4. The van der Waals surface area contributed by atoms with Gasteiger partial charge in [-0.05, 0) is 27.7 Å². The lowest BCUT2D eigenvalue weighted by Gasteiger charge is -2.32. The Morgan fingerprint density at radius 1 is 1.16 bits per heavy atom. The molecule has 0 saturated carbocycles. The van der Waals surface area contributed by atoms with Crippen LogP contribution in [0.1, 0.15) is 38.1 Å². The summed E-state index contributed by atoms with van der Waals surface area (Å²) in [7, 11) is 1.86. The maximum Gasteiger partial charge on any atom is 0.222 e. The van der Waals surface area contributed by atoms with E-state index in [1.807, 2.05) is 20.9 Å². The summed E-state index contributed by atoms with van der Waals surface area (Å²) in [5.41, 5.74) is 0.958. The molecule has 0 amide bonds. The normalized spacial score (nSPS) is 27.1. The van der Waals surface area contributed by atoms with Gasteiger partial charge in [0.15, 0.2) is 0 Å².